The van der Waals surface area contributed by atoms with Gasteiger partial charge >= 0.3 is 0 Å². The average Bonchev–Trinajstić information content (AvgIpc) is 2.44. The van der Waals surface area contributed by atoms with Gasteiger partial charge in [-0.1, -0.05) is 13.0 Å². The van der Waals surface area contributed by atoms with Crippen LogP contribution in [0.5, 0.6) is 5.75 Å². The molecule has 0 bridgehead atoms. The first-order chi connectivity index (χ1) is 9.58. The molecule has 114 valence electrons. The van der Waals surface area contributed by atoms with Crippen molar-refractivity contribution in [1.82, 2.24) is 5.32 Å². The molecule has 0 spiro atoms. The lowest BCUT2D eigenvalue weighted by molar-refractivity contribution is 0.0636. The van der Waals surface area contributed by atoms with E-state index in [2.05, 4.69) is 12.2 Å². The standard InChI is InChI=1S/C16H26FNO2/c1-5-9-18-13(4)14-7-8-16(15(17)10-14)20-12(3)11-19-6-2/h7-8,10,12-13,18H,5-6,9,11H2,1-4H3. The van der Waals surface area contributed by atoms with E-state index in [1.54, 1.807) is 6.07 Å². The van der Waals surface area contributed by atoms with Gasteiger partial charge in [0, 0.05) is 12.6 Å². The molecule has 3 nitrogen and oxygen atoms in total. The zero-order valence-corrected chi connectivity index (χ0v) is 12.9. The zero-order valence-electron chi connectivity index (χ0n) is 12.9. The van der Waals surface area contributed by atoms with Gasteiger partial charge < -0.3 is 14.8 Å². The summed E-state index contributed by atoms with van der Waals surface area (Å²) in [5.74, 6) is -0.0420. The van der Waals surface area contributed by atoms with Crippen molar-refractivity contribution in [2.24, 2.45) is 0 Å². The fraction of sp³-hybridized carbons (Fsp3) is 0.625. The van der Waals surface area contributed by atoms with Gasteiger partial charge in [0.25, 0.3) is 0 Å². The van der Waals surface area contributed by atoms with Crippen molar-refractivity contribution in [2.45, 2.75) is 46.3 Å². The maximum absolute atomic E-state index is 14.0. The van der Waals surface area contributed by atoms with Crippen LogP contribution in [0.15, 0.2) is 18.2 Å². The summed E-state index contributed by atoms with van der Waals surface area (Å²) in [6.07, 6.45) is 0.897. The van der Waals surface area contributed by atoms with E-state index in [9.17, 15) is 4.39 Å². The third-order valence-corrected chi connectivity index (χ3v) is 3.04. The zero-order chi connectivity index (χ0) is 15.0. The Labute approximate surface area is 121 Å². The van der Waals surface area contributed by atoms with Gasteiger partial charge in [0.05, 0.1) is 6.61 Å². The maximum Gasteiger partial charge on any atom is 0.165 e. The van der Waals surface area contributed by atoms with Gasteiger partial charge in [-0.05, 0) is 51.4 Å². The number of rotatable bonds is 9. The Kier molecular flexibility index (Phi) is 7.55. The Balaban J connectivity index is 2.63. The second kappa shape index (κ2) is 8.93. The molecule has 1 aromatic carbocycles. The first kappa shape index (κ1) is 16.9. The summed E-state index contributed by atoms with van der Waals surface area (Å²) in [6.45, 7) is 9.95. The van der Waals surface area contributed by atoms with Crippen molar-refractivity contribution in [2.75, 3.05) is 19.8 Å². The SMILES string of the molecule is CCCNC(C)c1ccc(OC(C)COCC)c(F)c1. The van der Waals surface area contributed by atoms with Crippen molar-refractivity contribution in [3.05, 3.63) is 29.6 Å². The first-order valence-electron chi connectivity index (χ1n) is 7.35. The van der Waals surface area contributed by atoms with E-state index in [1.165, 1.54) is 6.07 Å². The van der Waals surface area contributed by atoms with Crippen LogP contribution in [0.4, 0.5) is 4.39 Å². The fourth-order valence-corrected chi connectivity index (χ4v) is 1.90. The normalized spacial score (nSPS) is 14.1. The summed E-state index contributed by atoms with van der Waals surface area (Å²) >= 11 is 0. The number of halogens is 1. The Morgan fingerprint density at radius 3 is 2.60 bits per heavy atom. The molecule has 20 heavy (non-hydrogen) atoms. The Morgan fingerprint density at radius 2 is 2.00 bits per heavy atom. The molecular weight excluding hydrogens is 257 g/mol. The molecule has 2 unspecified atom stereocenters. The fourth-order valence-electron chi connectivity index (χ4n) is 1.90. The summed E-state index contributed by atoms with van der Waals surface area (Å²) in [7, 11) is 0. The lowest BCUT2D eigenvalue weighted by atomic mass is 10.1. The number of benzene rings is 1. The molecule has 4 heteroatoms. The van der Waals surface area contributed by atoms with E-state index in [0.29, 0.717) is 13.2 Å². The molecule has 0 heterocycles. The summed E-state index contributed by atoms with van der Waals surface area (Å²) in [5, 5.41) is 3.34. The summed E-state index contributed by atoms with van der Waals surface area (Å²) in [5.41, 5.74) is 0.931. The quantitative estimate of drug-likeness (QED) is 0.749. The highest BCUT2D eigenvalue weighted by Gasteiger charge is 2.12. The van der Waals surface area contributed by atoms with Crippen LogP contribution in [0.3, 0.4) is 0 Å². The second-order valence-electron chi connectivity index (χ2n) is 4.95. The predicted octanol–water partition coefficient (Wildman–Crippen LogP) is 3.69. The number of hydrogen-bond acceptors (Lipinski definition) is 3. The molecule has 1 aromatic rings. The second-order valence-corrected chi connectivity index (χ2v) is 4.95. The topological polar surface area (TPSA) is 30.5 Å². The van der Waals surface area contributed by atoms with Crippen molar-refractivity contribution in [3.63, 3.8) is 0 Å². The van der Waals surface area contributed by atoms with Crippen LogP contribution in [0, 0.1) is 5.82 Å². The van der Waals surface area contributed by atoms with Crippen LogP contribution in [-0.4, -0.2) is 25.9 Å². The van der Waals surface area contributed by atoms with Gasteiger partial charge in [-0.15, -0.1) is 0 Å². The molecule has 0 radical (unpaired) electrons. The number of nitrogens with one attached hydrogen (secondary N) is 1. The molecule has 0 amide bonds. The molecule has 2 atom stereocenters. The molecule has 0 saturated heterocycles. The summed E-state index contributed by atoms with van der Waals surface area (Å²) in [4.78, 5) is 0. The Morgan fingerprint density at radius 1 is 1.25 bits per heavy atom. The molecule has 0 aliphatic rings. The molecule has 0 aliphatic heterocycles. The highest BCUT2D eigenvalue weighted by Crippen LogP contribution is 2.23. The van der Waals surface area contributed by atoms with Gasteiger partial charge in [-0.2, -0.15) is 0 Å². The molecule has 0 saturated carbocycles. The van der Waals surface area contributed by atoms with Crippen LogP contribution in [-0.2, 0) is 4.74 Å². The van der Waals surface area contributed by atoms with E-state index in [0.717, 1.165) is 18.5 Å². The minimum atomic E-state index is -0.323. The molecule has 0 aromatic heterocycles. The third kappa shape index (κ3) is 5.47. The molecule has 0 fully saturated rings. The monoisotopic (exact) mass is 283 g/mol. The number of ether oxygens (including phenoxy) is 2. The van der Waals surface area contributed by atoms with Crippen molar-refractivity contribution < 1.29 is 13.9 Å². The van der Waals surface area contributed by atoms with Crippen LogP contribution in [0.2, 0.25) is 0 Å². The smallest absolute Gasteiger partial charge is 0.165 e. The van der Waals surface area contributed by atoms with Crippen molar-refractivity contribution in [1.29, 1.82) is 0 Å². The van der Waals surface area contributed by atoms with Crippen LogP contribution >= 0.6 is 0 Å². The lowest BCUT2D eigenvalue weighted by Crippen LogP contribution is -2.21. The summed E-state index contributed by atoms with van der Waals surface area (Å²) < 4.78 is 24.8. The van der Waals surface area contributed by atoms with Crippen LogP contribution in [0.25, 0.3) is 0 Å². The Hall–Kier alpha value is -1.13. The largest absolute Gasteiger partial charge is 0.485 e. The van der Waals surface area contributed by atoms with E-state index in [-0.39, 0.29) is 23.7 Å². The van der Waals surface area contributed by atoms with E-state index < -0.39 is 0 Å². The minimum absolute atomic E-state index is 0.138. The van der Waals surface area contributed by atoms with Crippen molar-refractivity contribution in [3.8, 4) is 5.75 Å². The third-order valence-electron chi connectivity index (χ3n) is 3.04. The van der Waals surface area contributed by atoms with E-state index in [1.807, 2.05) is 26.8 Å². The lowest BCUT2D eigenvalue weighted by Gasteiger charge is -2.17. The molecular formula is C16H26FNO2. The average molecular weight is 283 g/mol. The summed E-state index contributed by atoms with van der Waals surface area (Å²) in [6, 6.07) is 5.27. The van der Waals surface area contributed by atoms with Gasteiger partial charge in [-0.3, -0.25) is 0 Å². The predicted molar refractivity (Wildman–Crippen MR) is 79.7 cm³/mol. The van der Waals surface area contributed by atoms with Gasteiger partial charge in [0.15, 0.2) is 11.6 Å². The molecule has 0 aliphatic carbocycles. The van der Waals surface area contributed by atoms with Crippen LogP contribution < -0.4 is 10.1 Å². The first-order valence-corrected chi connectivity index (χ1v) is 7.35. The van der Waals surface area contributed by atoms with E-state index >= 15 is 0 Å². The van der Waals surface area contributed by atoms with Gasteiger partial charge in [0.2, 0.25) is 0 Å². The Bertz CT molecular complexity index is 398. The highest BCUT2D eigenvalue weighted by molar-refractivity contribution is 5.31. The highest BCUT2D eigenvalue weighted by atomic mass is 19.1. The number of hydrogen-bond donors (Lipinski definition) is 1. The maximum atomic E-state index is 14.0. The molecule has 1 N–H and O–H groups in total. The van der Waals surface area contributed by atoms with Crippen molar-refractivity contribution >= 4 is 0 Å². The minimum Gasteiger partial charge on any atom is -0.485 e. The van der Waals surface area contributed by atoms with Gasteiger partial charge in [0.1, 0.15) is 6.10 Å². The van der Waals surface area contributed by atoms with Gasteiger partial charge in [-0.25, -0.2) is 4.39 Å². The van der Waals surface area contributed by atoms with Crippen LogP contribution in [0.1, 0.15) is 45.7 Å². The van der Waals surface area contributed by atoms with E-state index in [4.69, 9.17) is 9.47 Å². The molecule has 1 rings (SSSR count).